The first-order chi connectivity index (χ1) is 45.1. The van der Waals surface area contributed by atoms with E-state index >= 15 is 0 Å². The Morgan fingerprint density at radius 3 is 1.49 bits per heavy atom. The van der Waals surface area contributed by atoms with Crippen LogP contribution in [-0.2, 0) is 82.4 Å². The van der Waals surface area contributed by atoms with Crippen molar-refractivity contribution in [3.63, 3.8) is 0 Å². The average Bonchev–Trinajstić information content (AvgIpc) is 1.53. The van der Waals surface area contributed by atoms with Crippen molar-refractivity contribution in [1.82, 2.24) is 0 Å². The Morgan fingerprint density at radius 2 is 1.01 bits per heavy atom. The molecular weight excluding hydrogens is 1330 g/mol. The summed E-state index contributed by atoms with van der Waals surface area (Å²) in [6.45, 7) is 34.5. The molecule has 0 radical (unpaired) electrons. The van der Waals surface area contributed by atoms with Gasteiger partial charge in [-0.05, 0) is 138 Å². The van der Waals surface area contributed by atoms with E-state index in [2.05, 4.69) is 46.3 Å². The minimum Gasteiger partial charge on any atom is -0.461 e. The molecule has 17 nitrogen and oxygen atoms in total. The second-order valence-electron chi connectivity index (χ2n) is 29.7. The largest absolute Gasteiger partial charge is 0.461 e. The summed E-state index contributed by atoms with van der Waals surface area (Å²) in [6.07, 6.45) is -7.38. The molecular formula is C69H90F12O17. The second-order valence-corrected chi connectivity index (χ2v) is 29.7. The van der Waals surface area contributed by atoms with Crippen LogP contribution >= 0.6 is 0 Å². The van der Waals surface area contributed by atoms with Crippen LogP contribution in [0.1, 0.15) is 213 Å². The summed E-state index contributed by atoms with van der Waals surface area (Å²) in [5.74, 6) is -29.0. The summed E-state index contributed by atoms with van der Waals surface area (Å²) < 4.78 is 216. The molecule has 11 atom stereocenters. The predicted molar refractivity (Wildman–Crippen MR) is 321 cm³/mol. The van der Waals surface area contributed by atoms with Crippen molar-refractivity contribution in [2.24, 2.45) is 56.7 Å². The Hall–Kier alpha value is -6.23. The number of halogens is 12. The van der Waals surface area contributed by atoms with Crippen LogP contribution in [0, 0.1) is 109 Å². The molecule has 3 saturated carbocycles. The lowest BCUT2D eigenvalue weighted by Crippen LogP contribution is -2.47. The Kier molecular flexibility index (Phi) is 24.8. The molecule has 0 aromatic heterocycles. The van der Waals surface area contributed by atoms with Gasteiger partial charge in [-0.25, -0.2) is 35.5 Å². The van der Waals surface area contributed by atoms with Crippen molar-refractivity contribution in [2.45, 2.75) is 262 Å². The van der Waals surface area contributed by atoms with Crippen molar-refractivity contribution in [1.29, 1.82) is 0 Å². The highest BCUT2D eigenvalue weighted by Gasteiger charge is 2.76. The lowest BCUT2D eigenvalue weighted by molar-refractivity contribution is -0.189. The fourth-order valence-corrected chi connectivity index (χ4v) is 12.3. The smallest absolute Gasteiger partial charge is 0.422 e. The molecule has 2 aromatic rings. The van der Waals surface area contributed by atoms with Crippen molar-refractivity contribution >= 4 is 41.8 Å². The Bertz CT molecular complexity index is 3260. The normalized spacial score (nSPS) is 25.9. The van der Waals surface area contributed by atoms with Gasteiger partial charge in [-0.1, -0.05) is 74.7 Å². The number of carbonyl (C=O) groups is 7. The van der Waals surface area contributed by atoms with Gasteiger partial charge in [-0.3, -0.25) is 28.8 Å². The summed E-state index contributed by atoms with van der Waals surface area (Å²) in [5, 5.41) is 0. The van der Waals surface area contributed by atoms with E-state index in [0.717, 1.165) is 12.8 Å². The summed E-state index contributed by atoms with van der Waals surface area (Å²) in [5.41, 5.74) is -9.01. The molecule has 552 valence electrons. The highest BCUT2D eigenvalue weighted by Crippen LogP contribution is 2.63. The van der Waals surface area contributed by atoms with Gasteiger partial charge in [-0.2, -0.15) is 22.0 Å². The zero-order valence-electron chi connectivity index (χ0n) is 58.3. The molecule has 7 fully saturated rings. The van der Waals surface area contributed by atoms with Crippen LogP contribution < -0.4 is 4.74 Å². The Morgan fingerprint density at radius 1 is 0.541 bits per heavy atom. The monoisotopic (exact) mass is 1420 g/mol. The van der Waals surface area contributed by atoms with Gasteiger partial charge in [0.05, 0.1) is 27.2 Å². The van der Waals surface area contributed by atoms with Crippen LogP contribution in [0.2, 0.25) is 0 Å². The van der Waals surface area contributed by atoms with Crippen LogP contribution in [0.5, 0.6) is 5.75 Å². The molecule has 9 rings (SSSR count). The molecule has 98 heavy (non-hydrogen) atoms. The number of rotatable bonds is 18. The van der Waals surface area contributed by atoms with Gasteiger partial charge >= 0.3 is 48.0 Å². The molecule has 7 aliphatic rings. The van der Waals surface area contributed by atoms with E-state index in [-0.39, 0.29) is 47.3 Å². The maximum atomic E-state index is 14.2. The zero-order valence-corrected chi connectivity index (χ0v) is 58.3. The zero-order chi connectivity index (χ0) is 74.4. The minimum absolute atomic E-state index is 0.0309. The molecule has 2 aromatic carbocycles. The topological polar surface area (TPSA) is 212 Å². The van der Waals surface area contributed by atoms with Crippen LogP contribution in [0.15, 0.2) is 0 Å². The lowest BCUT2D eigenvalue weighted by atomic mass is 9.73. The van der Waals surface area contributed by atoms with Crippen molar-refractivity contribution in [2.75, 3.05) is 0 Å². The SMILES string of the molecule is CCC(C)(C)C(=O)OC(C(C)C)C(C)C.CCC(C)(C)C(=O)OC(C)(C)C1CCCCC1.CCC(C)(C)C(=O)OC1C2CC3C1OC(=O)C3(C(=O)Oc1c(F)c(F)c(C(F)(F)F)c(F)c1F)C2.CCC(C)(C)C(=O)O[C@@H]1C(=O)O[C@@H]2[C@H]3OC(c4c(F)c(F)c(F)c(F)c4F)O[C@H]3O[C@@H]21. The number of carbonyl (C=O) groups excluding carboxylic acids is 7. The maximum absolute atomic E-state index is 14.2. The molecule has 3 aliphatic carbocycles. The van der Waals surface area contributed by atoms with E-state index in [9.17, 15) is 86.2 Å². The molecule has 6 unspecified atom stereocenters. The van der Waals surface area contributed by atoms with Gasteiger partial charge < -0.3 is 47.4 Å². The van der Waals surface area contributed by atoms with Gasteiger partial charge in [0, 0.05) is 11.8 Å². The van der Waals surface area contributed by atoms with E-state index in [4.69, 9.17) is 42.6 Å². The van der Waals surface area contributed by atoms with E-state index < -0.39 is 183 Å². The third kappa shape index (κ3) is 16.1. The number of benzene rings is 2. The van der Waals surface area contributed by atoms with Crippen LogP contribution in [0.25, 0.3) is 0 Å². The van der Waals surface area contributed by atoms with Crippen molar-refractivity contribution in [3.8, 4) is 5.75 Å². The molecule has 4 saturated heterocycles. The highest BCUT2D eigenvalue weighted by atomic mass is 19.4. The predicted octanol–water partition coefficient (Wildman–Crippen LogP) is 15.2. The van der Waals surface area contributed by atoms with E-state index in [1.165, 1.54) is 32.1 Å². The Balaban J connectivity index is 0.000000219. The van der Waals surface area contributed by atoms with E-state index in [0.29, 0.717) is 30.6 Å². The summed E-state index contributed by atoms with van der Waals surface area (Å²) in [7, 11) is 0. The summed E-state index contributed by atoms with van der Waals surface area (Å²) in [6, 6.07) is 0. The maximum Gasteiger partial charge on any atom is 0.422 e. The lowest BCUT2D eigenvalue weighted by Gasteiger charge is -2.38. The molecule has 29 heteroatoms. The average molecular weight is 1420 g/mol. The second kappa shape index (κ2) is 30.1. The fraction of sp³-hybridized carbons (Fsp3) is 0.725. The molecule has 0 N–H and O–H groups in total. The van der Waals surface area contributed by atoms with Crippen molar-refractivity contribution < 1.29 is 134 Å². The highest BCUT2D eigenvalue weighted by molar-refractivity contribution is 6.04. The number of hydrogen-bond acceptors (Lipinski definition) is 17. The number of alkyl halides is 3. The van der Waals surface area contributed by atoms with Crippen LogP contribution in [0.4, 0.5) is 52.7 Å². The van der Waals surface area contributed by atoms with Gasteiger partial charge in [0.15, 0.2) is 65.1 Å². The summed E-state index contributed by atoms with van der Waals surface area (Å²) in [4.78, 5) is 86.6. The molecule has 0 spiro atoms. The number of ether oxygens (including phenoxy) is 10. The quantitative estimate of drug-likeness (QED) is 0.0258. The van der Waals surface area contributed by atoms with E-state index in [1.807, 2.05) is 41.5 Å². The number of hydrogen-bond donors (Lipinski definition) is 0. The summed E-state index contributed by atoms with van der Waals surface area (Å²) >= 11 is 0. The minimum atomic E-state index is -5.77. The van der Waals surface area contributed by atoms with Crippen molar-refractivity contribution in [3.05, 3.63) is 63.5 Å². The Labute approximate surface area is 562 Å². The van der Waals surface area contributed by atoms with E-state index in [1.54, 1.807) is 41.5 Å². The first-order valence-electron chi connectivity index (χ1n) is 33.0. The number of fused-ring (bicyclic) bond motifs is 4. The van der Waals surface area contributed by atoms with Gasteiger partial charge in [-0.15, -0.1) is 0 Å². The van der Waals surface area contributed by atoms with Crippen LogP contribution in [-0.4, -0.2) is 96.4 Å². The standard InChI is InChI=1S/C22H19F7O6.C19H17F5O7.C15H28O2.C13H26O2/c1-4-20(2,3)17(30)33-14-7-5-8-15(14)34-18(31)21(8,6-7)19(32)35-16-12(25)10(23)9(22(27,28)29)11(24)13(16)26;1-4-19(2,3)18(26)30-13-11-12(27-15(13)25)14-17(28-11)31-16(29-14)5-6(20)8(22)10(24)9(23)7(5)21;1-6-14(2,3)13(16)17-15(4,5)12-10-8-7-9-11-12;1-8-13(6,7)12(14)15-11(9(2)3)10(4)5/h7-8,14-15H,4-6H2,1-3H3;11-14,16-17H,4H2,1-3H3;12H,6-11H2,1-5H3;9-11H,8H2,1-7H3/t;11-,12-,13-,14+,16?,17+;;/m.0../s1. The first-order valence-corrected chi connectivity index (χ1v) is 33.0. The van der Waals surface area contributed by atoms with Gasteiger partial charge in [0.1, 0.15) is 35.6 Å². The third-order valence-corrected chi connectivity index (χ3v) is 20.4. The van der Waals surface area contributed by atoms with Gasteiger partial charge in [0.2, 0.25) is 29.3 Å². The molecule has 2 bridgehead atoms. The number of esters is 7. The molecule has 4 aliphatic heterocycles. The van der Waals surface area contributed by atoms with Crippen LogP contribution in [0.3, 0.4) is 0 Å². The molecule has 0 amide bonds. The fourth-order valence-electron chi connectivity index (χ4n) is 12.3. The van der Waals surface area contributed by atoms with Gasteiger partial charge in [0.25, 0.3) is 0 Å². The molecule has 4 heterocycles. The first kappa shape index (κ1) is 80.7. The third-order valence-electron chi connectivity index (χ3n) is 20.4.